The molecule has 6 heteroatoms. The molecule has 118 valence electrons. The van der Waals surface area contributed by atoms with Crippen molar-refractivity contribution in [3.05, 3.63) is 23.5 Å². The summed E-state index contributed by atoms with van der Waals surface area (Å²) in [6.45, 7) is 6.78. The molecule has 0 fully saturated rings. The Labute approximate surface area is 129 Å². The molecule has 1 aliphatic rings. The van der Waals surface area contributed by atoms with Gasteiger partial charge in [-0.25, -0.2) is 9.78 Å². The highest BCUT2D eigenvalue weighted by Crippen LogP contribution is 2.29. The van der Waals surface area contributed by atoms with Gasteiger partial charge in [0.2, 0.25) is 0 Å². The van der Waals surface area contributed by atoms with E-state index in [4.69, 9.17) is 9.47 Å². The molecular weight excluding hydrogens is 282 g/mol. The van der Waals surface area contributed by atoms with Crippen LogP contribution in [-0.2, 0) is 17.7 Å². The minimum atomic E-state index is -0.479. The molecule has 0 bridgehead atoms. The number of H-pyrrole nitrogens is 1. The summed E-state index contributed by atoms with van der Waals surface area (Å²) < 4.78 is 10.7. The summed E-state index contributed by atoms with van der Waals surface area (Å²) in [6.07, 6.45) is 2.20. The largest absolute Gasteiger partial charge is 0.495 e. The van der Waals surface area contributed by atoms with Gasteiger partial charge in [0.1, 0.15) is 17.0 Å². The third kappa shape index (κ3) is 2.73. The number of aromatic amines is 1. The fourth-order valence-corrected chi connectivity index (χ4v) is 2.69. The van der Waals surface area contributed by atoms with Crippen LogP contribution in [0, 0.1) is 0 Å². The highest BCUT2D eigenvalue weighted by atomic mass is 16.6. The van der Waals surface area contributed by atoms with Crippen molar-refractivity contribution in [3.8, 4) is 5.75 Å². The Morgan fingerprint density at radius 1 is 1.41 bits per heavy atom. The van der Waals surface area contributed by atoms with Crippen molar-refractivity contribution >= 4 is 17.1 Å². The smallest absolute Gasteiger partial charge is 0.410 e. The van der Waals surface area contributed by atoms with Crippen LogP contribution in [0.15, 0.2) is 12.3 Å². The Kier molecular flexibility index (Phi) is 3.47. The van der Waals surface area contributed by atoms with E-state index in [0.717, 1.165) is 28.9 Å². The van der Waals surface area contributed by atoms with Gasteiger partial charge in [0.25, 0.3) is 0 Å². The van der Waals surface area contributed by atoms with E-state index in [1.807, 2.05) is 26.8 Å². The normalized spacial score (nSPS) is 14.8. The van der Waals surface area contributed by atoms with Gasteiger partial charge in [-0.2, -0.15) is 0 Å². The lowest BCUT2D eigenvalue weighted by Crippen LogP contribution is -2.39. The van der Waals surface area contributed by atoms with E-state index < -0.39 is 5.60 Å². The molecule has 3 rings (SSSR count). The number of nitrogens with one attached hydrogen (secondary N) is 1. The number of pyridine rings is 1. The zero-order chi connectivity index (χ0) is 15.9. The Balaban J connectivity index is 1.86. The standard InChI is InChI=1S/C16H21N3O3/c1-16(2,3)22-15(20)19-6-5-11-12-7-10(21-4)8-17-14(12)18-13(11)9-19/h7-8H,5-6,9H2,1-4H3,(H,17,18). The van der Waals surface area contributed by atoms with Crippen LogP contribution in [0.3, 0.4) is 0 Å². The molecule has 0 spiro atoms. The van der Waals surface area contributed by atoms with Crippen LogP contribution in [0.4, 0.5) is 4.79 Å². The predicted molar refractivity (Wildman–Crippen MR) is 83.0 cm³/mol. The van der Waals surface area contributed by atoms with Gasteiger partial charge >= 0.3 is 6.09 Å². The number of hydrogen-bond acceptors (Lipinski definition) is 4. The number of ether oxygens (including phenoxy) is 2. The molecular formula is C16H21N3O3. The minimum Gasteiger partial charge on any atom is -0.495 e. The predicted octanol–water partition coefficient (Wildman–Crippen LogP) is 2.86. The quantitative estimate of drug-likeness (QED) is 0.879. The van der Waals surface area contributed by atoms with Crippen LogP contribution in [0.2, 0.25) is 0 Å². The van der Waals surface area contributed by atoms with Crippen molar-refractivity contribution in [2.24, 2.45) is 0 Å². The molecule has 22 heavy (non-hydrogen) atoms. The number of carbonyl (C=O) groups is 1. The summed E-state index contributed by atoms with van der Waals surface area (Å²) in [6, 6.07) is 1.99. The summed E-state index contributed by atoms with van der Waals surface area (Å²) in [5, 5.41) is 1.07. The van der Waals surface area contributed by atoms with Crippen molar-refractivity contribution < 1.29 is 14.3 Å². The SMILES string of the molecule is COc1cnc2[nH]c3c(c2c1)CCN(C(=O)OC(C)(C)C)C3. The number of amides is 1. The molecule has 2 aromatic rings. The zero-order valence-electron chi connectivity index (χ0n) is 13.4. The molecule has 0 radical (unpaired) electrons. The van der Waals surface area contributed by atoms with Gasteiger partial charge < -0.3 is 19.4 Å². The molecule has 6 nitrogen and oxygen atoms in total. The van der Waals surface area contributed by atoms with Crippen molar-refractivity contribution in [1.29, 1.82) is 0 Å². The average Bonchev–Trinajstić information content (AvgIpc) is 2.82. The number of carbonyl (C=O) groups excluding carboxylic acids is 1. The minimum absolute atomic E-state index is 0.276. The Morgan fingerprint density at radius 3 is 2.86 bits per heavy atom. The maximum atomic E-state index is 12.2. The van der Waals surface area contributed by atoms with E-state index in [9.17, 15) is 4.79 Å². The van der Waals surface area contributed by atoms with E-state index in [0.29, 0.717) is 13.1 Å². The maximum Gasteiger partial charge on any atom is 0.410 e. The summed E-state index contributed by atoms with van der Waals surface area (Å²) in [5.74, 6) is 0.740. The average molecular weight is 303 g/mol. The van der Waals surface area contributed by atoms with Crippen molar-refractivity contribution in [1.82, 2.24) is 14.9 Å². The Hall–Kier alpha value is -2.24. The van der Waals surface area contributed by atoms with E-state index in [1.165, 1.54) is 5.56 Å². The van der Waals surface area contributed by atoms with E-state index >= 15 is 0 Å². The summed E-state index contributed by atoms with van der Waals surface area (Å²) in [7, 11) is 1.63. The lowest BCUT2D eigenvalue weighted by molar-refractivity contribution is 0.0222. The molecule has 0 aromatic carbocycles. The van der Waals surface area contributed by atoms with Gasteiger partial charge in [0, 0.05) is 17.6 Å². The lowest BCUT2D eigenvalue weighted by atomic mass is 10.0. The van der Waals surface area contributed by atoms with Crippen LogP contribution < -0.4 is 4.74 Å². The Morgan fingerprint density at radius 2 is 2.18 bits per heavy atom. The third-order valence-corrected chi connectivity index (χ3v) is 3.69. The fourth-order valence-electron chi connectivity index (χ4n) is 2.69. The number of rotatable bonds is 1. The number of nitrogens with zero attached hydrogens (tertiary/aromatic N) is 2. The van der Waals surface area contributed by atoms with Gasteiger partial charge in [-0.3, -0.25) is 0 Å². The molecule has 1 amide bonds. The van der Waals surface area contributed by atoms with E-state index in [1.54, 1.807) is 18.2 Å². The first-order chi connectivity index (χ1) is 10.4. The Bertz CT molecular complexity index is 715. The number of fused-ring (bicyclic) bond motifs is 3. The van der Waals surface area contributed by atoms with Crippen molar-refractivity contribution in [2.45, 2.75) is 39.3 Å². The first-order valence-corrected chi connectivity index (χ1v) is 7.39. The van der Waals surface area contributed by atoms with Crippen LogP contribution in [-0.4, -0.2) is 40.2 Å². The molecule has 1 aliphatic heterocycles. The second-order valence-electron chi connectivity index (χ2n) is 6.51. The molecule has 1 N–H and O–H groups in total. The zero-order valence-corrected chi connectivity index (χ0v) is 13.4. The molecule has 0 saturated heterocycles. The van der Waals surface area contributed by atoms with Crippen LogP contribution in [0.5, 0.6) is 5.75 Å². The number of methoxy groups -OCH3 is 1. The van der Waals surface area contributed by atoms with Gasteiger partial charge in [0.15, 0.2) is 0 Å². The second kappa shape index (κ2) is 5.19. The van der Waals surface area contributed by atoms with Crippen LogP contribution >= 0.6 is 0 Å². The molecule has 2 aromatic heterocycles. The maximum absolute atomic E-state index is 12.2. The first kappa shape index (κ1) is 14.7. The molecule has 0 saturated carbocycles. The van der Waals surface area contributed by atoms with E-state index in [-0.39, 0.29) is 6.09 Å². The number of aromatic nitrogens is 2. The summed E-state index contributed by atoms with van der Waals surface area (Å²) in [4.78, 5) is 21.6. The monoisotopic (exact) mass is 303 g/mol. The van der Waals surface area contributed by atoms with Crippen LogP contribution in [0.25, 0.3) is 11.0 Å². The summed E-state index contributed by atoms with van der Waals surface area (Å²) in [5.41, 5.74) is 2.58. The summed E-state index contributed by atoms with van der Waals surface area (Å²) >= 11 is 0. The van der Waals surface area contributed by atoms with Gasteiger partial charge in [-0.15, -0.1) is 0 Å². The first-order valence-electron chi connectivity index (χ1n) is 7.39. The van der Waals surface area contributed by atoms with Crippen LogP contribution in [0.1, 0.15) is 32.0 Å². The molecule has 3 heterocycles. The van der Waals surface area contributed by atoms with E-state index in [2.05, 4.69) is 9.97 Å². The molecule has 0 unspecified atom stereocenters. The highest BCUT2D eigenvalue weighted by molar-refractivity contribution is 5.83. The third-order valence-electron chi connectivity index (χ3n) is 3.69. The molecule has 0 aliphatic carbocycles. The molecule has 0 atom stereocenters. The second-order valence-corrected chi connectivity index (χ2v) is 6.51. The number of hydrogen-bond donors (Lipinski definition) is 1. The fraction of sp³-hybridized carbons (Fsp3) is 0.500. The highest BCUT2D eigenvalue weighted by Gasteiger charge is 2.27. The lowest BCUT2D eigenvalue weighted by Gasteiger charge is -2.30. The van der Waals surface area contributed by atoms with Gasteiger partial charge in [0.05, 0.1) is 19.9 Å². The van der Waals surface area contributed by atoms with Crippen molar-refractivity contribution in [2.75, 3.05) is 13.7 Å². The van der Waals surface area contributed by atoms with Crippen molar-refractivity contribution in [3.63, 3.8) is 0 Å². The topological polar surface area (TPSA) is 67.5 Å². The van der Waals surface area contributed by atoms with Gasteiger partial charge in [-0.1, -0.05) is 0 Å². The van der Waals surface area contributed by atoms with Gasteiger partial charge in [-0.05, 0) is 38.8 Å².